The van der Waals surface area contributed by atoms with Gasteiger partial charge in [-0.2, -0.15) is 0 Å². The molecule has 0 bridgehead atoms. The lowest BCUT2D eigenvalue weighted by molar-refractivity contribution is -0.113. The molecule has 1 heterocycles. The molecule has 0 aliphatic heterocycles. The maximum atomic E-state index is 11.8. The van der Waals surface area contributed by atoms with Crippen LogP contribution in [0.3, 0.4) is 0 Å². The molecule has 3 aromatic rings. The van der Waals surface area contributed by atoms with Crippen LogP contribution in [0.4, 0.5) is 5.13 Å². The molecule has 0 aliphatic carbocycles. The monoisotopic (exact) mass is 301 g/mol. The number of anilines is 1. The van der Waals surface area contributed by atoms with Crippen molar-refractivity contribution in [2.24, 2.45) is 0 Å². The van der Waals surface area contributed by atoms with Crippen molar-refractivity contribution in [1.29, 1.82) is 0 Å². The number of rotatable bonds is 4. The number of benzene rings is 2. The number of thioether (sulfide) groups is 1. The van der Waals surface area contributed by atoms with Crippen molar-refractivity contribution in [3.8, 4) is 0 Å². The van der Waals surface area contributed by atoms with E-state index < -0.39 is 0 Å². The number of nitrogens with zero attached hydrogens (tertiary/aromatic N) is 2. The van der Waals surface area contributed by atoms with E-state index in [1.165, 1.54) is 33.9 Å². The van der Waals surface area contributed by atoms with Crippen LogP contribution in [0.1, 0.15) is 0 Å². The van der Waals surface area contributed by atoms with Crippen LogP contribution in [-0.4, -0.2) is 21.9 Å². The summed E-state index contributed by atoms with van der Waals surface area (Å²) < 4.78 is 0. The second-order valence-electron chi connectivity index (χ2n) is 4.09. The van der Waals surface area contributed by atoms with Crippen molar-refractivity contribution in [2.75, 3.05) is 11.1 Å². The molecule has 0 saturated carbocycles. The van der Waals surface area contributed by atoms with Crippen molar-refractivity contribution in [1.82, 2.24) is 10.2 Å². The van der Waals surface area contributed by atoms with E-state index >= 15 is 0 Å². The highest BCUT2D eigenvalue weighted by Crippen LogP contribution is 2.23. The van der Waals surface area contributed by atoms with Crippen molar-refractivity contribution >= 4 is 44.9 Å². The summed E-state index contributed by atoms with van der Waals surface area (Å²) >= 11 is 2.82. The summed E-state index contributed by atoms with van der Waals surface area (Å²) in [4.78, 5) is 12.8. The Kier molecular flexibility index (Phi) is 3.94. The van der Waals surface area contributed by atoms with Crippen LogP contribution in [-0.2, 0) is 4.79 Å². The summed E-state index contributed by atoms with van der Waals surface area (Å²) in [6.45, 7) is 0. The molecule has 1 N–H and O–H groups in total. The fourth-order valence-electron chi connectivity index (χ4n) is 1.79. The smallest absolute Gasteiger partial charge is 0.236 e. The van der Waals surface area contributed by atoms with E-state index in [0.29, 0.717) is 10.9 Å². The van der Waals surface area contributed by atoms with Crippen LogP contribution in [0.15, 0.2) is 52.9 Å². The Morgan fingerprint density at radius 3 is 2.85 bits per heavy atom. The molecule has 0 aliphatic rings. The minimum Gasteiger partial charge on any atom is -0.300 e. The molecule has 0 fully saturated rings. The zero-order valence-electron chi connectivity index (χ0n) is 10.4. The van der Waals surface area contributed by atoms with Crippen molar-refractivity contribution in [2.45, 2.75) is 4.90 Å². The van der Waals surface area contributed by atoms with Gasteiger partial charge in [0.05, 0.1) is 5.75 Å². The summed E-state index contributed by atoms with van der Waals surface area (Å²) in [6, 6.07) is 14.4. The number of amides is 1. The Bertz CT molecular complexity index is 728. The van der Waals surface area contributed by atoms with Gasteiger partial charge in [0.15, 0.2) is 0 Å². The number of hydrogen-bond acceptors (Lipinski definition) is 5. The SMILES string of the molecule is O=C(CSc1ccc2ccccc2c1)Nc1nncs1. The van der Waals surface area contributed by atoms with E-state index in [9.17, 15) is 4.79 Å². The Morgan fingerprint density at radius 1 is 1.20 bits per heavy atom. The number of nitrogens with one attached hydrogen (secondary N) is 1. The molecule has 0 unspecified atom stereocenters. The molecule has 1 amide bonds. The van der Waals surface area contributed by atoms with Crippen LogP contribution in [0.25, 0.3) is 10.8 Å². The van der Waals surface area contributed by atoms with Crippen molar-refractivity contribution in [3.05, 3.63) is 48.0 Å². The number of carbonyl (C=O) groups excluding carboxylic acids is 1. The van der Waals surface area contributed by atoms with Gasteiger partial charge in [-0.15, -0.1) is 22.0 Å². The molecule has 0 radical (unpaired) electrons. The van der Waals surface area contributed by atoms with Gasteiger partial charge >= 0.3 is 0 Å². The third-order valence-corrected chi connectivity index (χ3v) is 4.30. The van der Waals surface area contributed by atoms with Crippen LogP contribution in [0.5, 0.6) is 0 Å². The van der Waals surface area contributed by atoms with Crippen molar-refractivity contribution in [3.63, 3.8) is 0 Å². The third-order valence-electron chi connectivity index (χ3n) is 2.70. The summed E-state index contributed by atoms with van der Waals surface area (Å²) in [5, 5.41) is 13.1. The largest absolute Gasteiger partial charge is 0.300 e. The van der Waals surface area contributed by atoms with E-state index in [0.717, 1.165) is 4.90 Å². The van der Waals surface area contributed by atoms with E-state index in [-0.39, 0.29) is 5.91 Å². The number of aromatic nitrogens is 2. The number of carbonyl (C=O) groups is 1. The molecule has 2 aromatic carbocycles. The molecular weight excluding hydrogens is 290 g/mol. The first-order chi connectivity index (χ1) is 9.81. The Labute approximate surface area is 124 Å². The maximum absolute atomic E-state index is 11.8. The van der Waals surface area contributed by atoms with Gasteiger partial charge < -0.3 is 0 Å². The first-order valence-corrected chi connectivity index (χ1v) is 7.85. The minimum absolute atomic E-state index is 0.0695. The van der Waals surface area contributed by atoms with E-state index in [1.54, 1.807) is 5.51 Å². The zero-order chi connectivity index (χ0) is 13.8. The van der Waals surface area contributed by atoms with Gasteiger partial charge in [0.1, 0.15) is 5.51 Å². The maximum Gasteiger partial charge on any atom is 0.236 e. The Morgan fingerprint density at radius 2 is 2.05 bits per heavy atom. The predicted octanol–water partition coefficient (Wildman–Crippen LogP) is 3.42. The molecule has 0 spiro atoms. The van der Waals surface area contributed by atoms with Crippen LogP contribution < -0.4 is 5.32 Å². The van der Waals surface area contributed by atoms with E-state index in [2.05, 4.69) is 39.8 Å². The number of hydrogen-bond donors (Lipinski definition) is 1. The van der Waals surface area contributed by atoms with Gasteiger partial charge in [-0.1, -0.05) is 41.7 Å². The van der Waals surface area contributed by atoms with Gasteiger partial charge in [-0.05, 0) is 22.9 Å². The van der Waals surface area contributed by atoms with Gasteiger partial charge in [-0.3, -0.25) is 10.1 Å². The lowest BCUT2D eigenvalue weighted by atomic mass is 10.1. The highest BCUT2D eigenvalue weighted by Gasteiger charge is 2.06. The molecule has 0 saturated heterocycles. The molecule has 100 valence electrons. The van der Waals surface area contributed by atoms with Gasteiger partial charge in [0.25, 0.3) is 0 Å². The standard InChI is InChI=1S/C14H11N3OS2/c18-13(16-14-17-15-9-20-14)8-19-12-6-5-10-3-1-2-4-11(10)7-12/h1-7,9H,8H2,(H,16,17,18). The van der Waals surface area contributed by atoms with E-state index in [4.69, 9.17) is 0 Å². The fraction of sp³-hybridized carbons (Fsp3) is 0.0714. The highest BCUT2D eigenvalue weighted by molar-refractivity contribution is 8.00. The average Bonchev–Trinajstić information content (AvgIpc) is 2.98. The Hall–Kier alpha value is -1.92. The van der Waals surface area contributed by atoms with Crippen LogP contribution >= 0.6 is 23.1 Å². The first-order valence-electron chi connectivity index (χ1n) is 5.99. The normalized spacial score (nSPS) is 10.6. The molecule has 20 heavy (non-hydrogen) atoms. The van der Waals surface area contributed by atoms with Gasteiger partial charge in [-0.25, -0.2) is 0 Å². The summed E-state index contributed by atoms with van der Waals surface area (Å²) in [7, 11) is 0. The third kappa shape index (κ3) is 3.15. The molecule has 3 rings (SSSR count). The molecule has 4 nitrogen and oxygen atoms in total. The highest BCUT2D eigenvalue weighted by atomic mass is 32.2. The van der Waals surface area contributed by atoms with Gasteiger partial charge in [0, 0.05) is 4.90 Å². The lowest BCUT2D eigenvalue weighted by Crippen LogP contribution is -2.13. The quantitative estimate of drug-likeness (QED) is 0.750. The van der Waals surface area contributed by atoms with E-state index in [1.807, 2.05) is 18.2 Å². The Balaban J connectivity index is 1.63. The van der Waals surface area contributed by atoms with Crippen LogP contribution in [0, 0.1) is 0 Å². The molecule has 6 heteroatoms. The summed E-state index contributed by atoms with van der Waals surface area (Å²) in [6.07, 6.45) is 0. The van der Waals surface area contributed by atoms with Crippen LogP contribution in [0.2, 0.25) is 0 Å². The predicted molar refractivity (Wildman–Crippen MR) is 83.2 cm³/mol. The minimum atomic E-state index is -0.0695. The number of fused-ring (bicyclic) bond motifs is 1. The first kappa shape index (κ1) is 13.1. The molecular formula is C14H11N3OS2. The average molecular weight is 301 g/mol. The molecule has 1 aromatic heterocycles. The second kappa shape index (κ2) is 6.02. The van der Waals surface area contributed by atoms with Gasteiger partial charge in [0.2, 0.25) is 11.0 Å². The second-order valence-corrected chi connectivity index (χ2v) is 5.97. The molecule has 0 atom stereocenters. The summed E-state index contributed by atoms with van der Waals surface area (Å²) in [5.74, 6) is 0.290. The summed E-state index contributed by atoms with van der Waals surface area (Å²) in [5.41, 5.74) is 1.59. The fourth-order valence-corrected chi connectivity index (χ4v) is 2.99. The topological polar surface area (TPSA) is 54.9 Å². The lowest BCUT2D eigenvalue weighted by Gasteiger charge is -2.03. The van der Waals surface area contributed by atoms with Crippen molar-refractivity contribution < 1.29 is 4.79 Å². The zero-order valence-corrected chi connectivity index (χ0v) is 12.1.